The van der Waals surface area contributed by atoms with E-state index in [2.05, 4.69) is 11.7 Å². The lowest BCUT2D eigenvalue weighted by Gasteiger charge is -2.07. The first kappa shape index (κ1) is 9.43. The second kappa shape index (κ2) is 4.28. The fraction of sp³-hybridized carbons (Fsp3) is 0.714. The van der Waals surface area contributed by atoms with Crippen LogP contribution in [0.2, 0.25) is 0 Å². The third-order valence-corrected chi connectivity index (χ3v) is 0.831. The van der Waals surface area contributed by atoms with Crippen molar-refractivity contribution in [3.05, 3.63) is 6.92 Å². The van der Waals surface area contributed by atoms with E-state index in [1.54, 1.807) is 0 Å². The van der Waals surface area contributed by atoms with Crippen LogP contribution in [0.4, 0.5) is 0 Å². The van der Waals surface area contributed by atoms with Crippen LogP contribution in [0, 0.1) is 12.8 Å². The molecule has 0 amide bonds. The lowest BCUT2D eigenvalue weighted by Crippen LogP contribution is -2.21. The smallest absolute Gasteiger partial charge is 0.334 e. The Morgan fingerprint density at radius 2 is 2.20 bits per heavy atom. The molecule has 0 aromatic heterocycles. The minimum atomic E-state index is -1.25. The van der Waals surface area contributed by atoms with Gasteiger partial charge in [0.25, 0.3) is 0 Å². The van der Waals surface area contributed by atoms with E-state index >= 15 is 0 Å². The summed E-state index contributed by atoms with van der Waals surface area (Å²) in [7, 11) is 0. The number of aliphatic hydroxyl groups is 1. The van der Waals surface area contributed by atoms with E-state index in [9.17, 15) is 4.79 Å². The maximum Gasteiger partial charge on any atom is 0.334 e. The Kier molecular flexibility index (Phi) is 4.03. The molecule has 1 N–H and O–H groups in total. The number of rotatable bonds is 3. The highest BCUT2D eigenvalue weighted by Gasteiger charge is 2.09. The highest BCUT2D eigenvalue weighted by molar-refractivity contribution is 5.74. The van der Waals surface area contributed by atoms with Crippen molar-refractivity contribution >= 4 is 5.97 Å². The van der Waals surface area contributed by atoms with E-state index in [4.69, 9.17) is 5.11 Å². The van der Waals surface area contributed by atoms with E-state index in [1.165, 1.54) is 0 Å². The molecule has 1 unspecified atom stereocenters. The number of carbonyl (C=O) groups excluding carboxylic acids is 1. The zero-order valence-corrected chi connectivity index (χ0v) is 6.33. The van der Waals surface area contributed by atoms with E-state index in [1.807, 2.05) is 13.8 Å². The molecule has 0 bridgehead atoms. The molecule has 0 aliphatic carbocycles. The summed E-state index contributed by atoms with van der Waals surface area (Å²) in [6.45, 7) is 7.27. The average Bonchev–Trinajstić information content (AvgIpc) is 1.82. The van der Waals surface area contributed by atoms with Crippen molar-refractivity contribution in [3.63, 3.8) is 0 Å². The van der Waals surface area contributed by atoms with Gasteiger partial charge >= 0.3 is 5.97 Å². The summed E-state index contributed by atoms with van der Waals surface area (Å²) in [5.74, 6) is -0.364. The van der Waals surface area contributed by atoms with Gasteiger partial charge in [0.05, 0.1) is 6.61 Å². The SMILES string of the molecule is [CH2]C(O)C(=O)OCC(C)C. The summed E-state index contributed by atoms with van der Waals surface area (Å²) in [6, 6.07) is 0. The van der Waals surface area contributed by atoms with E-state index < -0.39 is 12.1 Å². The van der Waals surface area contributed by atoms with Crippen LogP contribution in [0.1, 0.15) is 13.8 Å². The fourth-order valence-corrected chi connectivity index (χ4v) is 0.345. The molecule has 1 radical (unpaired) electrons. The van der Waals surface area contributed by atoms with Gasteiger partial charge in [-0.1, -0.05) is 13.8 Å². The van der Waals surface area contributed by atoms with Crippen LogP contribution in [0.5, 0.6) is 0 Å². The quantitative estimate of drug-likeness (QED) is 0.584. The number of ether oxygens (including phenoxy) is 1. The Morgan fingerprint density at radius 1 is 1.70 bits per heavy atom. The minimum Gasteiger partial charge on any atom is -0.464 e. The van der Waals surface area contributed by atoms with Crippen LogP contribution in [-0.4, -0.2) is 23.8 Å². The first-order chi connectivity index (χ1) is 4.54. The zero-order valence-electron chi connectivity index (χ0n) is 6.33. The number of hydrogen-bond acceptors (Lipinski definition) is 3. The van der Waals surface area contributed by atoms with Crippen LogP contribution >= 0.6 is 0 Å². The van der Waals surface area contributed by atoms with Crippen LogP contribution in [0.25, 0.3) is 0 Å². The molecular weight excluding hydrogens is 132 g/mol. The maximum atomic E-state index is 10.5. The first-order valence-electron chi connectivity index (χ1n) is 3.21. The zero-order chi connectivity index (χ0) is 8.15. The molecule has 10 heavy (non-hydrogen) atoms. The molecule has 1 atom stereocenters. The summed E-state index contributed by atoms with van der Waals surface area (Å²) in [6.07, 6.45) is -1.25. The molecular formula is C7H13O3. The van der Waals surface area contributed by atoms with Crippen molar-refractivity contribution < 1.29 is 14.6 Å². The number of esters is 1. The number of hydrogen-bond donors (Lipinski definition) is 1. The summed E-state index contributed by atoms with van der Waals surface area (Å²) in [5.41, 5.74) is 0. The standard InChI is InChI=1S/C7H13O3/c1-5(2)4-10-7(9)6(3)8/h5-6,8H,3-4H2,1-2H3. The number of aliphatic hydroxyl groups excluding tert-OH is 1. The Bertz CT molecular complexity index is 107. The molecule has 0 fully saturated rings. The lowest BCUT2D eigenvalue weighted by atomic mass is 10.2. The Labute approximate surface area is 61.0 Å². The van der Waals surface area contributed by atoms with Gasteiger partial charge in [0.2, 0.25) is 0 Å². The predicted octanol–water partition coefficient (Wildman–Crippen LogP) is 0.381. The molecule has 3 heteroatoms. The summed E-state index contributed by atoms with van der Waals surface area (Å²) in [4.78, 5) is 10.5. The molecule has 3 nitrogen and oxygen atoms in total. The third kappa shape index (κ3) is 4.32. The van der Waals surface area contributed by atoms with Crippen LogP contribution in [0.3, 0.4) is 0 Å². The van der Waals surface area contributed by atoms with E-state index in [0.29, 0.717) is 12.5 Å². The molecule has 0 aliphatic heterocycles. The van der Waals surface area contributed by atoms with Crippen molar-refractivity contribution in [2.24, 2.45) is 5.92 Å². The second-order valence-corrected chi connectivity index (χ2v) is 2.54. The van der Waals surface area contributed by atoms with Crippen molar-refractivity contribution in [1.82, 2.24) is 0 Å². The summed E-state index contributed by atoms with van der Waals surface area (Å²) >= 11 is 0. The maximum absolute atomic E-state index is 10.5. The van der Waals surface area contributed by atoms with Gasteiger partial charge in [-0.15, -0.1) is 0 Å². The Balaban J connectivity index is 3.40. The van der Waals surface area contributed by atoms with Gasteiger partial charge in [0.1, 0.15) is 0 Å². The minimum absolute atomic E-state index is 0.294. The van der Waals surface area contributed by atoms with Gasteiger partial charge in [-0.25, -0.2) is 4.79 Å². The normalized spacial score (nSPS) is 13.3. The van der Waals surface area contributed by atoms with Crippen molar-refractivity contribution in [3.8, 4) is 0 Å². The van der Waals surface area contributed by atoms with Gasteiger partial charge < -0.3 is 9.84 Å². The molecule has 59 valence electrons. The summed E-state index contributed by atoms with van der Waals surface area (Å²) < 4.78 is 4.61. The molecule has 0 saturated heterocycles. The van der Waals surface area contributed by atoms with Crippen molar-refractivity contribution in [2.75, 3.05) is 6.61 Å². The molecule has 0 heterocycles. The monoisotopic (exact) mass is 145 g/mol. The van der Waals surface area contributed by atoms with Crippen LogP contribution in [0.15, 0.2) is 0 Å². The molecule has 0 saturated carbocycles. The highest BCUT2D eigenvalue weighted by atomic mass is 16.5. The molecule has 0 spiro atoms. The van der Waals surface area contributed by atoms with Gasteiger partial charge in [-0.2, -0.15) is 0 Å². The van der Waals surface area contributed by atoms with E-state index in [-0.39, 0.29) is 0 Å². The Morgan fingerprint density at radius 3 is 2.50 bits per heavy atom. The fourth-order valence-electron chi connectivity index (χ4n) is 0.345. The highest BCUT2D eigenvalue weighted by Crippen LogP contribution is 1.94. The van der Waals surface area contributed by atoms with Gasteiger partial charge in [-0.05, 0) is 12.8 Å². The van der Waals surface area contributed by atoms with Crippen molar-refractivity contribution in [1.29, 1.82) is 0 Å². The molecule has 0 aromatic rings. The van der Waals surface area contributed by atoms with Crippen LogP contribution < -0.4 is 0 Å². The van der Waals surface area contributed by atoms with Gasteiger partial charge in [-0.3, -0.25) is 0 Å². The lowest BCUT2D eigenvalue weighted by molar-refractivity contribution is -0.152. The number of carbonyl (C=O) groups is 1. The molecule has 0 aromatic carbocycles. The average molecular weight is 145 g/mol. The Hall–Kier alpha value is -0.570. The summed E-state index contributed by atoms with van der Waals surface area (Å²) in [5, 5.41) is 8.55. The van der Waals surface area contributed by atoms with Crippen molar-refractivity contribution in [2.45, 2.75) is 20.0 Å². The second-order valence-electron chi connectivity index (χ2n) is 2.54. The van der Waals surface area contributed by atoms with E-state index in [0.717, 1.165) is 0 Å². The molecule has 0 rings (SSSR count). The van der Waals surface area contributed by atoms with Gasteiger partial charge in [0.15, 0.2) is 6.10 Å². The topological polar surface area (TPSA) is 46.5 Å². The first-order valence-corrected chi connectivity index (χ1v) is 3.21. The van der Waals surface area contributed by atoms with Gasteiger partial charge in [0, 0.05) is 0 Å². The van der Waals surface area contributed by atoms with Crippen LogP contribution in [-0.2, 0) is 9.53 Å². The molecule has 0 aliphatic rings. The third-order valence-electron chi connectivity index (χ3n) is 0.831. The largest absolute Gasteiger partial charge is 0.464 e. The predicted molar refractivity (Wildman–Crippen MR) is 37.2 cm³/mol.